The molecule has 4 N–H and O–H groups in total. The predicted octanol–water partition coefficient (Wildman–Crippen LogP) is 2.36. The fourth-order valence-electron chi connectivity index (χ4n) is 2.11. The van der Waals surface area contributed by atoms with E-state index in [9.17, 15) is 0 Å². The molecule has 1 saturated carbocycles. The summed E-state index contributed by atoms with van der Waals surface area (Å²) in [6.45, 7) is 1.03. The molecule has 0 atom stereocenters. The third-order valence-corrected chi connectivity index (χ3v) is 3.42. The minimum absolute atomic E-state index is 0.799. The summed E-state index contributed by atoms with van der Waals surface area (Å²) in [5, 5.41) is 11.4. The molecule has 0 unspecified atom stereocenters. The van der Waals surface area contributed by atoms with Crippen molar-refractivity contribution in [3.8, 4) is 0 Å². The molecule has 0 spiro atoms. The van der Waals surface area contributed by atoms with Crippen molar-refractivity contribution in [2.24, 2.45) is 5.92 Å². The van der Waals surface area contributed by atoms with E-state index in [1.807, 2.05) is 12.1 Å². The summed E-state index contributed by atoms with van der Waals surface area (Å²) in [6.07, 6.45) is 5.86. The number of nitrogens with one attached hydrogen (secondary N) is 2. The zero-order chi connectivity index (χ0) is 11.0. The Kier molecular flexibility index (Phi) is 2.20. The summed E-state index contributed by atoms with van der Waals surface area (Å²) in [7, 11) is 0. The minimum atomic E-state index is 0.799. The number of aromatic amines is 1. The van der Waals surface area contributed by atoms with Crippen LogP contribution in [-0.2, 0) is 0 Å². The maximum atomic E-state index is 5.99. The average molecular weight is 216 g/mol. The molecule has 0 amide bonds. The van der Waals surface area contributed by atoms with Gasteiger partial charge in [0.2, 0.25) is 0 Å². The van der Waals surface area contributed by atoms with Crippen LogP contribution in [0.3, 0.4) is 0 Å². The quantitative estimate of drug-likeness (QED) is 0.690. The molecule has 4 nitrogen and oxygen atoms in total. The maximum absolute atomic E-state index is 5.99. The molecule has 0 radical (unpaired) electrons. The Bertz CT molecular complexity index is 499. The second-order valence-electron chi connectivity index (χ2n) is 4.57. The van der Waals surface area contributed by atoms with Gasteiger partial charge in [0.05, 0.1) is 23.1 Å². The fourth-order valence-corrected chi connectivity index (χ4v) is 2.11. The van der Waals surface area contributed by atoms with Gasteiger partial charge in [0.1, 0.15) is 0 Å². The number of benzene rings is 1. The van der Waals surface area contributed by atoms with Crippen LogP contribution in [-0.4, -0.2) is 16.7 Å². The van der Waals surface area contributed by atoms with Crippen molar-refractivity contribution in [2.45, 2.75) is 19.3 Å². The van der Waals surface area contributed by atoms with E-state index in [0.717, 1.165) is 34.7 Å². The molecule has 1 aromatic carbocycles. The van der Waals surface area contributed by atoms with Crippen molar-refractivity contribution in [3.05, 3.63) is 18.3 Å². The number of H-pyrrole nitrogens is 1. The fraction of sp³-hybridized carbons (Fsp3) is 0.417. The summed E-state index contributed by atoms with van der Waals surface area (Å²) >= 11 is 0. The zero-order valence-electron chi connectivity index (χ0n) is 9.16. The van der Waals surface area contributed by atoms with Crippen molar-refractivity contribution in [3.63, 3.8) is 0 Å². The van der Waals surface area contributed by atoms with Gasteiger partial charge in [0, 0.05) is 11.9 Å². The highest BCUT2D eigenvalue weighted by molar-refractivity contribution is 5.88. The van der Waals surface area contributed by atoms with Crippen LogP contribution in [0, 0.1) is 5.92 Å². The van der Waals surface area contributed by atoms with Gasteiger partial charge >= 0.3 is 0 Å². The molecule has 3 rings (SSSR count). The van der Waals surface area contributed by atoms with Gasteiger partial charge in [-0.25, -0.2) is 0 Å². The summed E-state index contributed by atoms with van der Waals surface area (Å²) in [6, 6.07) is 4.00. The summed E-state index contributed by atoms with van der Waals surface area (Å²) < 4.78 is 0. The van der Waals surface area contributed by atoms with E-state index in [1.54, 1.807) is 6.20 Å². The molecule has 1 aromatic heterocycles. The van der Waals surface area contributed by atoms with Gasteiger partial charge < -0.3 is 11.1 Å². The van der Waals surface area contributed by atoms with Crippen LogP contribution in [0.2, 0.25) is 0 Å². The average Bonchev–Trinajstić information content (AvgIpc) is 2.62. The number of anilines is 2. The number of nitrogen functional groups attached to an aromatic ring is 1. The Balaban J connectivity index is 1.81. The summed E-state index contributed by atoms with van der Waals surface area (Å²) in [5.74, 6) is 0.830. The number of fused-ring (bicyclic) bond motifs is 1. The molecular formula is C12H16N4. The zero-order valence-corrected chi connectivity index (χ0v) is 9.16. The van der Waals surface area contributed by atoms with E-state index < -0.39 is 0 Å². The van der Waals surface area contributed by atoms with Gasteiger partial charge in [-0.1, -0.05) is 6.42 Å². The van der Waals surface area contributed by atoms with Crippen molar-refractivity contribution in [1.82, 2.24) is 10.2 Å². The maximum Gasteiger partial charge on any atom is 0.0672 e. The molecule has 0 saturated heterocycles. The molecule has 2 aromatic rings. The van der Waals surface area contributed by atoms with Crippen LogP contribution < -0.4 is 11.1 Å². The third-order valence-electron chi connectivity index (χ3n) is 3.42. The molecule has 16 heavy (non-hydrogen) atoms. The van der Waals surface area contributed by atoms with E-state index in [1.165, 1.54) is 19.3 Å². The van der Waals surface area contributed by atoms with Gasteiger partial charge in [-0.05, 0) is 30.9 Å². The lowest BCUT2D eigenvalue weighted by Gasteiger charge is -2.26. The molecule has 0 bridgehead atoms. The number of hydrogen-bond acceptors (Lipinski definition) is 3. The Morgan fingerprint density at radius 3 is 3.06 bits per heavy atom. The first-order chi connectivity index (χ1) is 7.83. The predicted molar refractivity (Wildman–Crippen MR) is 66.3 cm³/mol. The molecule has 1 fully saturated rings. The highest BCUT2D eigenvalue weighted by Crippen LogP contribution is 2.29. The summed E-state index contributed by atoms with van der Waals surface area (Å²) in [4.78, 5) is 0. The standard InChI is InChI=1S/C12H16N4/c13-10-4-9-7-15-16-11(9)5-12(10)14-6-8-2-1-3-8/h4-5,7-8,14H,1-3,6,13H2,(H,15,16). The molecule has 1 aliphatic rings. The van der Waals surface area contributed by atoms with Crippen LogP contribution in [0.1, 0.15) is 19.3 Å². The van der Waals surface area contributed by atoms with Gasteiger partial charge in [0.25, 0.3) is 0 Å². The molecule has 1 aliphatic carbocycles. The Hall–Kier alpha value is -1.71. The Morgan fingerprint density at radius 1 is 1.44 bits per heavy atom. The monoisotopic (exact) mass is 216 g/mol. The first-order valence-electron chi connectivity index (χ1n) is 5.79. The van der Waals surface area contributed by atoms with Crippen molar-refractivity contribution in [1.29, 1.82) is 0 Å². The largest absolute Gasteiger partial charge is 0.397 e. The van der Waals surface area contributed by atoms with Gasteiger partial charge in [-0.2, -0.15) is 5.10 Å². The second-order valence-corrected chi connectivity index (χ2v) is 4.57. The van der Waals surface area contributed by atoms with Gasteiger partial charge in [-0.15, -0.1) is 0 Å². The third kappa shape index (κ3) is 1.60. The first kappa shape index (κ1) is 9.51. The molecule has 1 heterocycles. The van der Waals surface area contributed by atoms with E-state index in [4.69, 9.17) is 5.73 Å². The van der Waals surface area contributed by atoms with Gasteiger partial charge in [-0.3, -0.25) is 5.10 Å². The second kappa shape index (κ2) is 3.70. The molecule has 84 valence electrons. The highest BCUT2D eigenvalue weighted by Gasteiger charge is 2.17. The SMILES string of the molecule is Nc1cc2cn[nH]c2cc1NCC1CCC1. The van der Waals surface area contributed by atoms with Crippen molar-refractivity contribution >= 4 is 22.3 Å². The highest BCUT2D eigenvalue weighted by atomic mass is 15.1. The van der Waals surface area contributed by atoms with Crippen LogP contribution in [0.25, 0.3) is 10.9 Å². The Labute approximate surface area is 94.2 Å². The molecule has 0 aliphatic heterocycles. The van der Waals surface area contributed by atoms with Crippen molar-refractivity contribution in [2.75, 3.05) is 17.6 Å². The van der Waals surface area contributed by atoms with Crippen molar-refractivity contribution < 1.29 is 0 Å². The lowest BCUT2D eigenvalue weighted by atomic mass is 9.85. The first-order valence-corrected chi connectivity index (χ1v) is 5.79. The summed E-state index contributed by atoms with van der Waals surface area (Å²) in [5.41, 5.74) is 8.84. The number of hydrogen-bond donors (Lipinski definition) is 3. The van der Waals surface area contributed by atoms with Crippen LogP contribution in [0.4, 0.5) is 11.4 Å². The minimum Gasteiger partial charge on any atom is -0.397 e. The lowest BCUT2D eigenvalue weighted by Crippen LogP contribution is -2.21. The van der Waals surface area contributed by atoms with Crippen LogP contribution >= 0.6 is 0 Å². The number of aromatic nitrogens is 2. The van der Waals surface area contributed by atoms with E-state index >= 15 is 0 Å². The number of rotatable bonds is 3. The topological polar surface area (TPSA) is 66.7 Å². The number of nitrogens with zero attached hydrogens (tertiary/aromatic N) is 1. The van der Waals surface area contributed by atoms with E-state index in [-0.39, 0.29) is 0 Å². The van der Waals surface area contributed by atoms with E-state index in [0.29, 0.717) is 0 Å². The van der Waals surface area contributed by atoms with Crippen LogP contribution in [0.5, 0.6) is 0 Å². The molecular weight excluding hydrogens is 200 g/mol. The normalized spacial score (nSPS) is 16.2. The van der Waals surface area contributed by atoms with Crippen LogP contribution in [0.15, 0.2) is 18.3 Å². The number of nitrogens with two attached hydrogens (primary N) is 1. The lowest BCUT2D eigenvalue weighted by molar-refractivity contribution is 0.333. The Morgan fingerprint density at radius 2 is 2.31 bits per heavy atom. The van der Waals surface area contributed by atoms with E-state index in [2.05, 4.69) is 15.5 Å². The van der Waals surface area contributed by atoms with Gasteiger partial charge in [0.15, 0.2) is 0 Å². The smallest absolute Gasteiger partial charge is 0.0672 e. The molecule has 4 heteroatoms.